The van der Waals surface area contributed by atoms with Crippen LogP contribution in [0, 0.1) is 0 Å². The Morgan fingerprint density at radius 3 is 2.72 bits per heavy atom. The summed E-state index contributed by atoms with van der Waals surface area (Å²) in [4.78, 5) is 12.9. The van der Waals surface area contributed by atoms with Crippen LogP contribution < -0.4 is 20.1 Å². The van der Waals surface area contributed by atoms with E-state index in [-0.39, 0.29) is 5.91 Å². The molecule has 0 radical (unpaired) electrons. The van der Waals surface area contributed by atoms with Crippen LogP contribution in [0.4, 0.5) is 0 Å². The third-order valence-corrected chi connectivity index (χ3v) is 4.99. The topological polar surface area (TPSA) is 59.6 Å². The summed E-state index contributed by atoms with van der Waals surface area (Å²) in [7, 11) is 0. The van der Waals surface area contributed by atoms with Gasteiger partial charge in [0.25, 0.3) is 5.91 Å². The van der Waals surface area contributed by atoms with Gasteiger partial charge in [-0.1, -0.05) is 12.1 Å². The van der Waals surface area contributed by atoms with Crippen molar-refractivity contribution < 1.29 is 14.3 Å². The van der Waals surface area contributed by atoms with E-state index in [1.807, 2.05) is 42.6 Å². The lowest BCUT2D eigenvalue weighted by Crippen LogP contribution is -2.34. The Balaban J connectivity index is 1.51. The molecule has 1 fully saturated rings. The van der Waals surface area contributed by atoms with Crippen molar-refractivity contribution in [1.82, 2.24) is 10.6 Å². The maximum absolute atomic E-state index is 12.3. The molecule has 0 saturated carbocycles. The van der Waals surface area contributed by atoms with Crippen LogP contribution in [0.5, 0.6) is 11.5 Å². The van der Waals surface area contributed by atoms with Crippen molar-refractivity contribution in [2.24, 2.45) is 0 Å². The van der Waals surface area contributed by atoms with Gasteiger partial charge in [0.05, 0.1) is 6.61 Å². The van der Waals surface area contributed by atoms with Crippen molar-refractivity contribution in [3.63, 3.8) is 0 Å². The summed E-state index contributed by atoms with van der Waals surface area (Å²) in [6.07, 6.45) is 2.38. The Kier molecular flexibility index (Phi) is 6.30. The number of thiophene rings is 1. The standard InChI is InChI=1S/C19H24N2O3S/c1-2-23-17-9-12-25-18(17)19(22)21-13-14-3-5-15(6-4-14)24-16-7-10-20-11-8-16/h3-6,9,12,16,20H,2,7-8,10-11,13H2,1H3,(H,21,22). The van der Waals surface area contributed by atoms with Gasteiger partial charge in [-0.2, -0.15) is 0 Å². The maximum Gasteiger partial charge on any atom is 0.265 e. The molecule has 134 valence electrons. The highest BCUT2D eigenvalue weighted by atomic mass is 32.1. The van der Waals surface area contributed by atoms with Crippen LogP contribution in [0.2, 0.25) is 0 Å². The molecule has 5 nitrogen and oxygen atoms in total. The highest BCUT2D eigenvalue weighted by Gasteiger charge is 2.15. The summed E-state index contributed by atoms with van der Waals surface area (Å²) in [5, 5.41) is 8.14. The molecule has 2 aromatic rings. The van der Waals surface area contributed by atoms with Gasteiger partial charge in [-0.3, -0.25) is 4.79 Å². The van der Waals surface area contributed by atoms with Crippen LogP contribution in [-0.2, 0) is 6.54 Å². The monoisotopic (exact) mass is 360 g/mol. The average molecular weight is 360 g/mol. The third-order valence-electron chi connectivity index (χ3n) is 4.10. The molecule has 0 bridgehead atoms. The predicted molar refractivity (Wildman–Crippen MR) is 99.6 cm³/mol. The fraction of sp³-hybridized carbons (Fsp3) is 0.421. The van der Waals surface area contributed by atoms with Crippen LogP contribution in [0.15, 0.2) is 35.7 Å². The first-order valence-electron chi connectivity index (χ1n) is 8.71. The minimum Gasteiger partial charge on any atom is -0.492 e. The van der Waals surface area contributed by atoms with E-state index in [2.05, 4.69) is 10.6 Å². The number of piperidine rings is 1. The first kappa shape index (κ1) is 17.8. The number of carbonyl (C=O) groups excluding carboxylic acids is 1. The number of ether oxygens (including phenoxy) is 2. The number of benzene rings is 1. The van der Waals surface area contributed by atoms with E-state index in [9.17, 15) is 4.79 Å². The lowest BCUT2D eigenvalue weighted by molar-refractivity contribution is 0.0951. The van der Waals surface area contributed by atoms with Crippen molar-refractivity contribution in [2.45, 2.75) is 32.4 Å². The highest BCUT2D eigenvalue weighted by Crippen LogP contribution is 2.25. The molecule has 6 heteroatoms. The molecule has 2 heterocycles. The Morgan fingerprint density at radius 2 is 2.00 bits per heavy atom. The summed E-state index contributed by atoms with van der Waals surface area (Å²) in [5.41, 5.74) is 1.04. The fourth-order valence-electron chi connectivity index (χ4n) is 2.79. The van der Waals surface area contributed by atoms with E-state index in [1.54, 1.807) is 0 Å². The van der Waals surface area contributed by atoms with E-state index in [0.717, 1.165) is 37.2 Å². The molecule has 1 aromatic heterocycles. The number of hydrogen-bond acceptors (Lipinski definition) is 5. The Bertz CT molecular complexity index is 678. The van der Waals surface area contributed by atoms with Crippen molar-refractivity contribution in [2.75, 3.05) is 19.7 Å². The maximum atomic E-state index is 12.3. The van der Waals surface area contributed by atoms with Gasteiger partial charge < -0.3 is 20.1 Å². The number of nitrogens with one attached hydrogen (secondary N) is 2. The van der Waals surface area contributed by atoms with Crippen molar-refractivity contribution >= 4 is 17.2 Å². The average Bonchev–Trinajstić information content (AvgIpc) is 3.10. The van der Waals surface area contributed by atoms with E-state index in [1.165, 1.54) is 11.3 Å². The molecule has 0 spiro atoms. The molecule has 1 aromatic carbocycles. The van der Waals surface area contributed by atoms with Gasteiger partial charge in [-0.05, 0) is 62.0 Å². The van der Waals surface area contributed by atoms with E-state index >= 15 is 0 Å². The molecular formula is C19H24N2O3S. The van der Waals surface area contributed by atoms with Crippen LogP contribution in [-0.4, -0.2) is 31.7 Å². The van der Waals surface area contributed by atoms with Gasteiger partial charge >= 0.3 is 0 Å². The Labute approximate surface area is 152 Å². The molecule has 2 N–H and O–H groups in total. The predicted octanol–water partition coefficient (Wildman–Crippen LogP) is 3.21. The van der Waals surface area contributed by atoms with Crippen molar-refractivity contribution in [3.8, 4) is 11.5 Å². The molecule has 0 aliphatic carbocycles. The van der Waals surface area contributed by atoms with Gasteiger partial charge in [-0.15, -0.1) is 11.3 Å². The number of rotatable bonds is 7. The molecule has 1 saturated heterocycles. The van der Waals surface area contributed by atoms with Gasteiger partial charge in [0.15, 0.2) is 0 Å². The van der Waals surface area contributed by atoms with E-state index < -0.39 is 0 Å². The van der Waals surface area contributed by atoms with Crippen molar-refractivity contribution in [3.05, 3.63) is 46.2 Å². The molecule has 0 unspecified atom stereocenters. The third kappa shape index (κ3) is 4.96. The SMILES string of the molecule is CCOc1ccsc1C(=O)NCc1ccc(OC2CCNCC2)cc1. The molecule has 3 rings (SSSR count). The van der Waals surface area contributed by atoms with Crippen LogP contribution >= 0.6 is 11.3 Å². The van der Waals surface area contributed by atoms with E-state index in [0.29, 0.717) is 29.9 Å². The second kappa shape index (κ2) is 8.87. The molecule has 1 aliphatic rings. The minimum absolute atomic E-state index is 0.103. The summed E-state index contributed by atoms with van der Waals surface area (Å²) in [6.45, 7) is 4.97. The first-order chi connectivity index (χ1) is 12.3. The van der Waals surface area contributed by atoms with Crippen LogP contribution in [0.25, 0.3) is 0 Å². The van der Waals surface area contributed by atoms with Crippen molar-refractivity contribution in [1.29, 1.82) is 0 Å². The van der Waals surface area contributed by atoms with Gasteiger partial charge in [-0.25, -0.2) is 0 Å². The number of amides is 1. The summed E-state index contributed by atoms with van der Waals surface area (Å²) in [5.74, 6) is 1.43. The molecule has 1 amide bonds. The Morgan fingerprint density at radius 1 is 1.24 bits per heavy atom. The van der Waals surface area contributed by atoms with Crippen LogP contribution in [0.3, 0.4) is 0 Å². The Hall–Kier alpha value is -2.05. The van der Waals surface area contributed by atoms with Gasteiger partial charge in [0.1, 0.15) is 22.5 Å². The largest absolute Gasteiger partial charge is 0.492 e. The fourth-order valence-corrected chi connectivity index (χ4v) is 3.54. The number of carbonyl (C=O) groups is 1. The number of hydrogen-bond donors (Lipinski definition) is 2. The highest BCUT2D eigenvalue weighted by molar-refractivity contribution is 7.12. The molecule has 0 atom stereocenters. The summed E-state index contributed by atoms with van der Waals surface area (Å²) >= 11 is 1.39. The quantitative estimate of drug-likeness (QED) is 0.796. The zero-order chi connectivity index (χ0) is 17.5. The minimum atomic E-state index is -0.103. The zero-order valence-corrected chi connectivity index (χ0v) is 15.2. The summed E-state index contributed by atoms with van der Waals surface area (Å²) < 4.78 is 11.5. The first-order valence-corrected chi connectivity index (χ1v) is 9.59. The lowest BCUT2D eigenvalue weighted by atomic mass is 10.1. The normalized spacial score (nSPS) is 14.9. The van der Waals surface area contributed by atoms with E-state index in [4.69, 9.17) is 9.47 Å². The second-order valence-electron chi connectivity index (χ2n) is 5.94. The van der Waals surface area contributed by atoms with Crippen LogP contribution in [0.1, 0.15) is 35.0 Å². The molecular weight excluding hydrogens is 336 g/mol. The molecule has 1 aliphatic heterocycles. The lowest BCUT2D eigenvalue weighted by Gasteiger charge is -2.23. The van der Waals surface area contributed by atoms with Gasteiger partial charge in [0, 0.05) is 6.54 Å². The zero-order valence-electron chi connectivity index (χ0n) is 14.4. The molecule has 25 heavy (non-hydrogen) atoms. The van der Waals surface area contributed by atoms with Gasteiger partial charge in [0.2, 0.25) is 0 Å². The second-order valence-corrected chi connectivity index (χ2v) is 6.86. The smallest absolute Gasteiger partial charge is 0.265 e. The summed E-state index contributed by atoms with van der Waals surface area (Å²) in [6, 6.07) is 9.76.